The molecule has 1 aromatic heterocycles. The second-order valence-corrected chi connectivity index (χ2v) is 11.7. The molecule has 4 fully saturated rings. The molecule has 0 spiro atoms. The second kappa shape index (κ2) is 8.01. The molecule has 4 saturated carbocycles. The molecule has 180 valence electrons. The molecule has 0 radical (unpaired) electrons. The van der Waals surface area contributed by atoms with Crippen molar-refractivity contribution in [2.75, 3.05) is 0 Å². The van der Waals surface area contributed by atoms with Crippen LogP contribution in [-0.4, -0.2) is 21.0 Å². The van der Waals surface area contributed by atoms with Gasteiger partial charge in [0.25, 0.3) is 0 Å². The Morgan fingerprint density at radius 1 is 0.914 bits per heavy atom. The number of nitrogens with zero attached hydrogens (tertiary/aromatic N) is 2. The third-order valence-electron chi connectivity index (χ3n) is 9.34. The Bertz CT molecular complexity index is 1220. The fourth-order valence-electron chi connectivity index (χ4n) is 8.19. The molecule has 2 amide bonds. The van der Waals surface area contributed by atoms with E-state index in [9.17, 15) is 4.79 Å². The van der Waals surface area contributed by atoms with Gasteiger partial charge in [-0.25, -0.2) is 4.79 Å². The van der Waals surface area contributed by atoms with E-state index in [-0.39, 0.29) is 17.6 Å². The van der Waals surface area contributed by atoms with Crippen molar-refractivity contribution in [3.63, 3.8) is 0 Å². The number of amides is 2. The van der Waals surface area contributed by atoms with Gasteiger partial charge in [0, 0.05) is 17.4 Å². The topological polar surface area (TPSA) is 37.3 Å². The predicted octanol–water partition coefficient (Wildman–Crippen LogP) is 6.62. The number of aryl methyl sites for hydroxylation is 1. The third kappa shape index (κ3) is 3.52. The zero-order chi connectivity index (χ0) is 23.6. The minimum absolute atomic E-state index is 0.00370. The number of fused-ring (bicyclic) bond motifs is 3. The summed E-state index contributed by atoms with van der Waals surface area (Å²) in [5, 5.41) is 3.68. The first-order valence-corrected chi connectivity index (χ1v) is 13.5. The van der Waals surface area contributed by atoms with E-state index in [0.29, 0.717) is 6.54 Å². The number of para-hydroxylation sites is 1. The lowest BCUT2D eigenvalue weighted by atomic mass is 9.53. The van der Waals surface area contributed by atoms with E-state index in [1.165, 1.54) is 60.9 Å². The number of benzene rings is 2. The zero-order valence-electron chi connectivity index (χ0n) is 20.6. The lowest BCUT2D eigenvalue weighted by Crippen LogP contribution is -2.62. The fourth-order valence-corrected chi connectivity index (χ4v) is 8.19. The van der Waals surface area contributed by atoms with E-state index in [0.717, 1.165) is 29.9 Å². The first-order chi connectivity index (χ1) is 17.1. The van der Waals surface area contributed by atoms with Gasteiger partial charge in [-0.1, -0.05) is 49.4 Å². The van der Waals surface area contributed by atoms with Gasteiger partial charge in [0.1, 0.15) is 0 Å². The summed E-state index contributed by atoms with van der Waals surface area (Å²) in [5.41, 5.74) is 6.02. The van der Waals surface area contributed by atoms with Crippen LogP contribution in [0.15, 0.2) is 66.9 Å². The van der Waals surface area contributed by atoms with E-state index >= 15 is 0 Å². The first-order valence-electron chi connectivity index (χ1n) is 13.5. The van der Waals surface area contributed by atoms with Crippen LogP contribution in [0.25, 0.3) is 5.69 Å². The van der Waals surface area contributed by atoms with Gasteiger partial charge >= 0.3 is 6.03 Å². The number of urea groups is 1. The van der Waals surface area contributed by atoms with Crippen molar-refractivity contribution in [2.45, 2.75) is 70.0 Å². The Hall–Kier alpha value is -3.01. The summed E-state index contributed by atoms with van der Waals surface area (Å²) in [7, 11) is 0. The van der Waals surface area contributed by atoms with Gasteiger partial charge in [-0.3, -0.25) is 0 Å². The molecule has 4 aliphatic carbocycles. The molecular formula is C31H35N3O. The van der Waals surface area contributed by atoms with Crippen LogP contribution in [0.5, 0.6) is 0 Å². The normalized spacial score (nSPS) is 30.5. The standard InChI is InChI=1S/C31H35N3O/c1-2-21-9-11-25(12-10-21)29-28-8-5-13-33(28)27-7-4-3-6-26(27)20-34(29)30(35)32-31-17-22-14-23(18-31)16-24(15-22)19-31/h3-13,22-24,29H,2,14-20H2,1H3,(H,32,35)/t22?,23?,24?,29-,31?/m0/s1. The molecule has 1 N–H and O–H groups in total. The summed E-state index contributed by atoms with van der Waals surface area (Å²) in [6.45, 7) is 2.80. The number of hydrogen-bond acceptors (Lipinski definition) is 1. The molecule has 1 atom stereocenters. The van der Waals surface area contributed by atoms with Gasteiger partial charge in [0.05, 0.1) is 18.3 Å². The predicted molar refractivity (Wildman–Crippen MR) is 138 cm³/mol. The number of carbonyl (C=O) groups excluding carboxylic acids is 1. The average Bonchev–Trinajstić information content (AvgIpc) is 3.27. The maximum absolute atomic E-state index is 14.3. The molecule has 2 heterocycles. The van der Waals surface area contributed by atoms with Gasteiger partial charge < -0.3 is 14.8 Å². The van der Waals surface area contributed by atoms with Crippen LogP contribution < -0.4 is 5.32 Å². The van der Waals surface area contributed by atoms with Crippen LogP contribution in [0.2, 0.25) is 0 Å². The fraction of sp³-hybridized carbons (Fsp3) is 0.452. The van der Waals surface area contributed by atoms with Crippen molar-refractivity contribution in [3.8, 4) is 5.69 Å². The highest BCUT2D eigenvalue weighted by Gasteiger charge is 2.52. The summed E-state index contributed by atoms with van der Waals surface area (Å²) in [5.74, 6) is 2.42. The average molecular weight is 466 g/mol. The van der Waals surface area contributed by atoms with Crippen LogP contribution >= 0.6 is 0 Å². The summed E-state index contributed by atoms with van der Waals surface area (Å²) >= 11 is 0. The van der Waals surface area contributed by atoms with Gasteiger partial charge in [0.15, 0.2) is 0 Å². The zero-order valence-corrected chi connectivity index (χ0v) is 20.6. The quantitative estimate of drug-likeness (QED) is 0.463. The molecule has 35 heavy (non-hydrogen) atoms. The third-order valence-corrected chi connectivity index (χ3v) is 9.34. The smallest absolute Gasteiger partial charge is 0.318 e. The second-order valence-electron chi connectivity index (χ2n) is 11.7. The number of hydrogen-bond donors (Lipinski definition) is 1. The van der Waals surface area contributed by atoms with Gasteiger partial charge in [-0.2, -0.15) is 0 Å². The highest BCUT2D eigenvalue weighted by molar-refractivity contribution is 5.77. The van der Waals surface area contributed by atoms with Crippen molar-refractivity contribution >= 4 is 6.03 Å². The summed E-state index contributed by atoms with van der Waals surface area (Å²) < 4.78 is 2.28. The van der Waals surface area contributed by atoms with Crippen LogP contribution in [0.1, 0.15) is 73.9 Å². The van der Waals surface area contributed by atoms with Crippen LogP contribution in [-0.2, 0) is 13.0 Å². The maximum Gasteiger partial charge on any atom is 0.318 e. The highest BCUT2D eigenvalue weighted by atomic mass is 16.2. The molecule has 5 aliphatic rings. The molecule has 4 bridgehead atoms. The van der Waals surface area contributed by atoms with Crippen LogP contribution in [0.3, 0.4) is 0 Å². The monoisotopic (exact) mass is 465 g/mol. The Balaban J connectivity index is 1.30. The van der Waals surface area contributed by atoms with Gasteiger partial charge in [0.2, 0.25) is 0 Å². The number of aromatic nitrogens is 1. The molecule has 3 aromatic rings. The van der Waals surface area contributed by atoms with E-state index in [2.05, 4.69) is 88.6 Å². The molecule has 0 saturated heterocycles. The summed E-state index contributed by atoms with van der Waals surface area (Å²) in [4.78, 5) is 16.4. The van der Waals surface area contributed by atoms with Gasteiger partial charge in [-0.05, 0) is 97.6 Å². The van der Waals surface area contributed by atoms with E-state index < -0.39 is 0 Å². The summed E-state index contributed by atoms with van der Waals surface area (Å²) in [6.07, 6.45) is 10.8. The largest absolute Gasteiger partial charge is 0.332 e. The molecular weight excluding hydrogens is 430 g/mol. The summed E-state index contributed by atoms with van der Waals surface area (Å²) in [6, 6.07) is 21.7. The molecule has 8 rings (SSSR count). The van der Waals surface area contributed by atoms with E-state index in [1.54, 1.807) is 0 Å². The van der Waals surface area contributed by atoms with Crippen molar-refractivity contribution in [1.82, 2.24) is 14.8 Å². The molecule has 2 aromatic carbocycles. The molecule has 4 heteroatoms. The number of carbonyl (C=O) groups is 1. The highest BCUT2D eigenvalue weighted by Crippen LogP contribution is 2.55. The van der Waals surface area contributed by atoms with Crippen LogP contribution in [0.4, 0.5) is 4.79 Å². The molecule has 0 unspecified atom stereocenters. The Kier molecular flexibility index (Phi) is 4.87. The minimum Gasteiger partial charge on any atom is -0.332 e. The van der Waals surface area contributed by atoms with Crippen molar-refractivity contribution in [1.29, 1.82) is 0 Å². The minimum atomic E-state index is -0.128. The SMILES string of the molecule is CCc1ccc([C@H]2c3cccn3-c3ccccc3CN2C(=O)NC23CC4CC(CC(C4)C2)C3)cc1. The number of nitrogens with one attached hydrogen (secondary N) is 1. The van der Waals surface area contributed by atoms with Crippen LogP contribution in [0, 0.1) is 17.8 Å². The van der Waals surface area contributed by atoms with Gasteiger partial charge in [-0.15, -0.1) is 0 Å². The number of rotatable bonds is 3. The van der Waals surface area contributed by atoms with E-state index in [1.807, 2.05) is 0 Å². The Morgan fingerprint density at radius 2 is 1.60 bits per heavy atom. The van der Waals surface area contributed by atoms with Crippen molar-refractivity contribution in [3.05, 3.63) is 89.2 Å². The maximum atomic E-state index is 14.3. The molecule has 1 aliphatic heterocycles. The van der Waals surface area contributed by atoms with Crippen molar-refractivity contribution in [2.24, 2.45) is 17.8 Å². The first kappa shape index (κ1) is 21.3. The lowest BCUT2D eigenvalue weighted by Gasteiger charge is -2.57. The molecule has 4 nitrogen and oxygen atoms in total. The Labute approximate surface area is 208 Å². The Morgan fingerprint density at radius 3 is 2.29 bits per heavy atom. The lowest BCUT2D eigenvalue weighted by molar-refractivity contribution is -0.0163. The van der Waals surface area contributed by atoms with Crippen molar-refractivity contribution < 1.29 is 4.79 Å². The van der Waals surface area contributed by atoms with E-state index in [4.69, 9.17) is 0 Å².